The molecule has 37 heavy (non-hydrogen) atoms. The zero-order valence-electron chi connectivity index (χ0n) is 20.8. The quantitative estimate of drug-likeness (QED) is 0.402. The van der Waals surface area contributed by atoms with Gasteiger partial charge in [0, 0.05) is 46.0 Å². The molecule has 5 rings (SSSR count). The van der Waals surface area contributed by atoms with Gasteiger partial charge in [-0.1, -0.05) is 18.7 Å². The van der Waals surface area contributed by atoms with Crippen LogP contribution in [0.2, 0.25) is 0 Å². The Balaban J connectivity index is 1.56. The van der Waals surface area contributed by atoms with E-state index >= 15 is 0 Å². The lowest BCUT2D eigenvalue weighted by Gasteiger charge is -2.44. The third kappa shape index (κ3) is 4.22. The van der Waals surface area contributed by atoms with E-state index in [9.17, 15) is 14.4 Å². The number of hydrogen-bond acceptors (Lipinski definition) is 6. The van der Waals surface area contributed by atoms with Crippen molar-refractivity contribution in [2.45, 2.75) is 19.0 Å². The van der Waals surface area contributed by atoms with Crippen LogP contribution in [-0.4, -0.2) is 49.7 Å². The largest absolute Gasteiger partial charge is 0.364 e. The van der Waals surface area contributed by atoms with Crippen LogP contribution in [0.25, 0.3) is 15.9 Å². The Bertz CT molecular complexity index is 1630. The monoisotopic (exact) mass is 496 g/mol. The van der Waals surface area contributed by atoms with Crippen LogP contribution in [0.15, 0.2) is 53.7 Å². The molecule has 186 valence electrons. The van der Waals surface area contributed by atoms with Crippen molar-refractivity contribution in [1.29, 1.82) is 5.26 Å². The van der Waals surface area contributed by atoms with Crippen LogP contribution >= 0.6 is 0 Å². The molecule has 1 saturated heterocycles. The number of nitriles is 1. The van der Waals surface area contributed by atoms with Crippen molar-refractivity contribution >= 4 is 22.5 Å². The number of aromatic nitrogens is 4. The normalized spacial score (nSPS) is 16.9. The van der Waals surface area contributed by atoms with E-state index in [4.69, 9.17) is 6.57 Å². The zero-order chi connectivity index (χ0) is 26.3. The van der Waals surface area contributed by atoms with Gasteiger partial charge in [-0.2, -0.15) is 5.26 Å². The van der Waals surface area contributed by atoms with Gasteiger partial charge in [-0.3, -0.25) is 9.69 Å². The number of aryl methyl sites for hydroxylation is 2. The predicted molar refractivity (Wildman–Crippen MR) is 138 cm³/mol. The first kappa shape index (κ1) is 24.2. The maximum atomic E-state index is 13.7. The van der Waals surface area contributed by atoms with E-state index in [1.165, 1.54) is 16.7 Å². The molecule has 0 amide bonds. The second-order valence-electron chi connectivity index (χ2n) is 9.30. The lowest BCUT2D eigenvalue weighted by atomic mass is 9.98. The molecule has 1 aliphatic rings. The van der Waals surface area contributed by atoms with Crippen molar-refractivity contribution in [1.82, 2.24) is 24.0 Å². The highest BCUT2D eigenvalue weighted by molar-refractivity contribution is 5.92. The van der Waals surface area contributed by atoms with E-state index in [0.717, 1.165) is 11.3 Å². The SMILES string of the molecule is [C-]#[N+]c1ccc2c(n1)c(N1CCN(C(c3ccc(F)cc3)c3cn(C)cn3)[C@H](C)C1)c(C#N)c(=O)n2C. The molecule has 0 aliphatic carbocycles. The highest BCUT2D eigenvalue weighted by Crippen LogP contribution is 2.35. The average molecular weight is 497 g/mol. The lowest BCUT2D eigenvalue weighted by molar-refractivity contribution is 0.148. The first-order valence-corrected chi connectivity index (χ1v) is 11.9. The van der Waals surface area contributed by atoms with Gasteiger partial charge >= 0.3 is 0 Å². The van der Waals surface area contributed by atoms with E-state index in [2.05, 4.69) is 32.7 Å². The van der Waals surface area contributed by atoms with Gasteiger partial charge < -0.3 is 18.9 Å². The highest BCUT2D eigenvalue weighted by atomic mass is 19.1. The number of nitrogens with zero attached hydrogens (tertiary/aromatic N) is 8. The summed E-state index contributed by atoms with van der Waals surface area (Å²) >= 11 is 0. The van der Waals surface area contributed by atoms with Gasteiger partial charge in [0.1, 0.15) is 23.1 Å². The molecule has 1 aromatic carbocycles. The molecule has 2 atom stereocenters. The second-order valence-corrected chi connectivity index (χ2v) is 9.30. The van der Waals surface area contributed by atoms with Gasteiger partial charge in [-0.25, -0.2) is 9.37 Å². The summed E-state index contributed by atoms with van der Waals surface area (Å²) in [5.74, 6) is -0.0938. The Morgan fingerprint density at radius 3 is 2.57 bits per heavy atom. The van der Waals surface area contributed by atoms with Crippen LogP contribution in [-0.2, 0) is 14.1 Å². The molecule has 0 N–H and O–H groups in total. The highest BCUT2D eigenvalue weighted by Gasteiger charge is 2.35. The van der Waals surface area contributed by atoms with Crippen LogP contribution in [0.3, 0.4) is 0 Å². The Morgan fingerprint density at radius 2 is 1.95 bits per heavy atom. The molecule has 1 unspecified atom stereocenters. The predicted octanol–water partition coefficient (Wildman–Crippen LogP) is 3.53. The van der Waals surface area contributed by atoms with E-state index in [0.29, 0.717) is 36.4 Å². The zero-order valence-corrected chi connectivity index (χ0v) is 20.8. The van der Waals surface area contributed by atoms with Crippen molar-refractivity contribution in [2.24, 2.45) is 14.1 Å². The number of anilines is 1. The molecular formula is C27H25FN8O. The standard InChI is InChI=1S/C27H25FN8O/c1-17-14-35(26-20(13-29)27(37)34(4)22-9-10-23(30-2)32-24(22)26)11-12-36(17)25(21-15-33(3)16-31-21)18-5-7-19(28)8-6-18/h5-10,15-17,25H,11-12,14H2,1,3-4H3/t17-,25?/m1/s1. The summed E-state index contributed by atoms with van der Waals surface area (Å²) < 4.78 is 17.0. The molecule has 10 heteroatoms. The minimum Gasteiger partial charge on any atom is -0.364 e. The third-order valence-corrected chi connectivity index (χ3v) is 6.94. The van der Waals surface area contributed by atoms with Crippen LogP contribution in [0.1, 0.15) is 29.8 Å². The first-order valence-electron chi connectivity index (χ1n) is 11.9. The maximum Gasteiger partial charge on any atom is 0.271 e. The fourth-order valence-corrected chi connectivity index (χ4v) is 5.16. The van der Waals surface area contributed by atoms with E-state index < -0.39 is 5.56 Å². The number of benzene rings is 1. The number of pyridine rings is 2. The summed E-state index contributed by atoms with van der Waals surface area (Å²) in [6, 6.07) is 11.6. The molecule has 4 heterocycles. The van der Waals surface area contributed by atoms with Gasteiger partial charge in [0.2, 0.25) is 5.52 Å². The molecule has 0 spiro atoms. The molecule has 0 radical (unpaired) electrons. The number of halogens is 1. The Kier molecular flexibility index (Phi) is 6.20. The summed E-state index contributed by atoms with van der Waals surface area (Å²) in [4.78, 5) is 29.9. The smallest absolute Gasteiger partial charge is 0.271 e. The van der Waals surface area contributed by atoms with Crippen molar-refractivity contribution in [3.8, 4) is 6.07 Å². The molecule has 0 saturated carbocycles. The molecule has 9 nitrogen and oxygen atoms in total. The number of hydrogen-bond donors (Lipinski definition) is 0. The molecular weight excluding hydrogens is 471 g/mol. The van der Waals surface area contributed by atoms with Crippen LogP contribution in [0.5, 0.6) is 0 Å². The molecule has 0 bridgehead atoms. The summed E-state index contributed by atoms with van der Waals surface area (Å²) in [7, 11) is 3.52. The van der Waals surface area contributed by atoms with Crippen LogP contribution < -0.4 is 10.5 Å². The van der Waals surface area contributed by atoms with E-state index in [1.807, 2.05) is 22.7 Å². The van der Waals surface area contributed by atoms with Gasteiger partial charge in [0.15, 0.2) is 0 Å². The Labute approximate surface area is 213 Å². The van der Waals surface area contributed by atoms with Crippen LogP contribution in [0, 0.1) is 23.7 Å². The van der Waals surface area contributed by atoms with Gasteiger partial charge in [-0.05, 0) is 36.8 Å². The maximum absolute atomic E-state index is 13.7. The van der Waals surface area contributed by atoms with Crippen molar-refractivity contribution in [3.05, 3.63) is 93.3 Å². The summed E-state index contributed by atoms with van der Waals surface area (Å²) in [6.45, 7) is 11.1. The van der Waals surface area contributed by atoms with E-state index in [-0.39, 0.29) is 29.3 Å². The summed E-state index contributed by atoms with van der Waals surface area (Å²) in [6.07, 6.45) is 3.71. The fourth-order valence-electron chi connectivity index (χ4n) is 5.16. The minimum absolute atomic E-state index is 0.0134. The molecule has 1 aliphatic heterocycles. The number of fused-ring (bicyclic) bond motifs is 1. The van der Waals surface area contributed by atoms with Gasteiger partial charge in [-0.15, -0.1) is 4.98 Å². The van der Waals surface area contributed by atoms with E-state index in [1.54, 1.807) is 37.6 Å². The van der Waals surface area contributed by atoms with Gasteiger partial charge in [0.25, 0.3) is 11.4 Å². The first-order chi connectivity index (χ1) is 17.8. The average Bonchev–Trinajstić information content (AvgIpc) is 3.33. The molecule has 1 fully saturated rings. The van der Waals surface area contributed by atoms with Crippen molar-refractivity contribution in [3.63, 3.8) is 0 Å². The number of imidazole rings is 1. The fraction of sp³-hybridized carbons (Fsp3) is 0.296. The summed E-state index contributed by atoms with van der Waals surface area (Å²) in [5.41, 5.74) is 2.91. The van der Waals surface area contributed by atoms with Crippen LogP contribution in [0.4, 0.5) is 15.9 Å². The van der Waals surface area contributed by atoms with Crippen molar-refractivity contribution < 1.29 is 4.39 Å². The Hall–Kier alpha value is -4.54. The third-order valence-electron chi connectivity index (χ3n) is 6.94. The molecule has 3 aromatic heterocycles. The number of piperazine rings is 1. The van der Waals surface area contributed by atoms with Crippen molar-refractivity contribution in [2.75, 3.05) is 24.5 Å². The summed E-state index contributed by atoms with van der Waals surface area (Å²) in [5, 5.41) is 9.94. The van der Waals surface area contributed by atoms with Gasteiger partial charge in [0.05, 0.1) is 23.6 Å². The Morgan fingerprint density at radius 1 is 1.19 bits per heavy atom. The second kappa shape index (κ2) is 9.49. The lowest BCUT2D eigenvalue weighted by Crippen LogP contribution is -2.53. The minimum atomic E-state index is -0.393. The topological polar surface area (TPSA) is 87.3 Å². The number of rotatable bonds is 4. The molecule has 4 aromatic rings.